The summed E-state index contributed by atoms with van der Waals surface area (Å²) >= 11 is 3.51. The second kappa shape index (κ2) is 13.7. The van der Waals surface area contributed by atoms with Crippen LogP contribution < -0.4 is 15.8 Å². The fraction of sp³-hybridized carbons (Fsp3) is 0.243. The number of aryl methyl sites for hydroxylation is 1. The van der Waals surface area contributed by atoms with Gasteiger partial charge in [-0.3, -0.25) is 9.69 Å². The van der Waals surface area contributed by atoms with Crippen LogP contribution in [0.15, 0.2) is 83.7 Å². The van der Waals surface area contributed by atoms with Crippen molar-refractivity contribution in [1.82, 2.24) is 19.4 Å². The Labute approximate surface area is 282 Å². The highest BCUT2D eigenvalue weighted by atomic mass is 32.1. The molecule has 4 aromatic heterocycles. The molecule has 8 nitrogen and oxygen atoms in total. The van der Waals surface area contributed by atoms with E-state index in [4.69, 9.17) is 10.5 Å². The van der Waals surface area contributed by atoms with Crippen molar-refractivity contribution in [3.05, 3.63) is 99.8 Å². The molecule has 0 saturated carbocycles. The van der Waals surface area contributed by atoms with Crippen molar-refractivity contribution >= 4 is 67.2 Å². The Balaban J connectivity index is 1.04. The standard InChI is InChI=1S/C37H38N6O2S2/c1-41-31-10-4-3-7-26(31)21-32(41)37(44)40-30-12-11-25(22-33(30)45-2)29-24-47-35-27(23-39-36(38)34(29)35)8-5-14-42-16-18-43(19-17-42)15-13-28-9-6-20-46-28/h3-12,20-24H,13-19H2,1-2H3,(H2,38,39)(H,40,44). The fourth-order valence-corrected chi connectivity index (χ4v) is 8.10. The molecule has 0 unspecified atom stereocenters. The Bertz CT molecular complexity index is 2050. The largest absolute Gasteiger partial charge is 0.495 e. The van der Waals surface area contributed by atoms with Crippen LogP contribution in [-0.4, -0.2) is 71.6 Å². The van der Waals surface area contributed by atoms with Crippen LogP contribution in [0.5, 0.6) is 5.75 Å². The van der Waals surface area contributed by atoms with Crippen LogP contribution in [-0.2, 0) is 13.5 Å². The van der Waals surface area contributed by atoms with Crippen molar-refractivity contribution in [2.75, 3.05) is 57.4 Å². The molecule has 0 aliphatic carbocycles. The van der Waals surface area contributed by atoms with Crippen molar-refractivity contribution in [3.8, 4) is 16.9 Å². The number of carbonyl (C=O) groups excluding carboxylic acids is 1. The highest BCUT2D eigenvalue weighted by Crippen LogP contribution is 2.41. The highest BCUT2D eigenvalue weighted by molar-refractivity contribution is 7.18. The first-order valence-corrected chi connectivity index (χ1v) is 17.6. The summed E-state index contributed by atoms with van der Waals surface area (Å²) in [6.07, 6.45) is 7.41. The average Bonchev–Trinajstić information content (AvgIpc) is 3.86. The van der Waals surface area contributed by atoms with Crippen LogP contribution in [0.2, 0.25) is 0 Å². The van der Waals surface area contributed by atoms with Gasteiger partial charge in [0.15, 0.2) is 0 Å². The van der Waals surface area contributed by atoms with Crippen LogP contribution in [0.25, 0.3) is 38.2 Å². The summed E-state index contributed by atoms with van der Waals surface area (Å²) in [5, 5.41) is 9.28. The molecule has 10 heteroatoms. The van der Waals surface area contributed by atoms with Crippen LogP contribution in [0.1, 0.15) is 20.9 Å². The molecular weight excluding hydrogens is 625 g/mol. The first-order valence-electron chi connectivity index (χ1n) is 15.8. The summed E-state index contributed by atoms with van der Waals surface area (Å²) in [6.45, 7) is 6.41. The predicted octanol–water partition coefficient (Wildman–Crippen LogP) is 7.23. The number of methoxy groups -OCH3 is 1. The van der Waals surface area contributed by atoms with Gasteiger partial charge in [-0.05, 0) is 53.1 Å². The minimum absolute atomic E-state index is 0.198. The lowest BCUT2D eigenvalue weighted by molar-refractivity contribution is 0.101. The Hall–Kier alpha value is -4.48. The molecule has 1 fully saturated rings. The fourth-order valence-electron chi connectivity index (χ4n) is 6.32. The van der Waals surface area contributed by atoms with Crippen LogP contribution in [0.4, 0.5) is 11.5 Å². The lowest BCUT2D eigenvalue weighted by Crippen LogP contribution is -2.46. The quantitative estimate of drug-likeness (QED) is 0.161. The number of rotatable bonds is 10. The summed E-state index contributed by atoms with van der Waals surface area (Å²) in [5.41, 5.74) is 11.6. The molecule has 2 aromatic carbocycles. The van der Waals surface area contributed by atoms with E-state index in [1.54, 1.807) is 18.4 Å². The number of anilines is 2. The van der Waals surface area contributed by atoms with Crippen molar-refractivity contribution in [2.45, 2.75) is 6.42 Å². The van der Waals surface area contributed by atoms with Gasteiger partial charge in [0.05, 0.1) is 12.8 Å². The Morgan fingerprint density at radius 3 is 2.66 bits per heavy atom. The summed E-state index contributed by atoms with van der Waals surface area (Å²) in [5.74, 6) is 0.874. The van der Waals surface area contributed by atoms with Crippen LogP contribution >= 0.6 is 22.7 Å². The topological polar surface area (TPSA) is 88.7 Å². The van der Waals surface area contributed by atoms with E-state index < -0.39 is 0 Å². The summed E-state index contributed by atoms with van der Waals surface area (Å²) in [7, 11) is 3.51. The summed E-state index contributed by atoms with van der Waals surface area (Å²) in [6, 6.07) is 20.0. The lowest BCUT2D eigenvalue weighted by Gasteiger charge is -2.34. The predicted molar refractivity (Wildman–Crippen MR) is 197 cm³/mol. The zero-order chi connectivity index (χ0) is 32.3. The molecule has 6 aromatic rings. The Kier molecular flexibility index (Phi) is 9.08. The number of nitrogens with one attached hydrogen (secondary N) is 1. The van der Waals surface area contributed by atoms with Gasteiger partial charge in [-0.15, -0.1) is 22.7 Å². The lowest BCUT2D eigenvalue weighted by atomic mass is 10.0. The molecule has 1 amide bonds. The van der Waals surface area contributed by atoms with Gasteiger partial charge < -0.3 is 25.3 Å². The van der Waals surface area contributed by atoms with Gasteiger partial charge in [-0.25, -0.2) is 4.98 Å². The van der Waals surface area contributed by atoms with E-state index in [0.29, 0.717) is 22.9 Å². The van der Waals surface area contributed by atoms with Crippen LogP contribution in [0.3, 0.4) is 0 Å². The van der Waals surface area contributed by atoms with Gasteiger partial charge in [0.1, 0.15) is 17.3 Å². The molecule has 0 atom stereocenters. The molecule has 3 N–H and O–H groups in total. The molecule has 0 bridgehead atoms. The molecule has 1 saturated heterocycles. The molecule has 1 aliphatic rings. The molecule has 7 rings (SSSR count). The third-order valence-electron chi connectivity index (χ3n) is 8.98. The van der Waals surface area contributed by atoms with Gasteiger partial charge in [-0.1, -0.05) is 42.5 Å². The number of ether oxygens (including phenoxy) is 1. The maximum atomic E-state index is 13.3. The number of benzene rings is 2. The number of aromatic nitrogens is 2. The second-order valence-corrected chi connectivity index (χ2v) is 13.8. The molecular formula is C37H38N6O2S2. The van der Waals surface area contributed by atoms with E-state index in [1.165, 1.54) is 4.88 Å². The van der Waals surface area contributed by atoms with E-state index in [1.807, 2.05) is 77.7 Å². The summed E-state index contributed by atoms with van der Waals surface area (Å²) < 4.78 is 8.75. The molecule has 240 valence electrons. The Morgan fingerprint density at radius 2 is 1.87 bits per heavy atom. The smallest absolute Gasteiger partial charge is 0.272 e. The van der Waals surface area contributed by atoms with E-state index >= 15 is 0 Å². The number of nitrogen functional groups attached to an aromatic ring is 1. The van der Waals surface area contributed by atoms with Crippen LogP contribution in [0, 0.1) is 0 Å². The molecule has 5 heterocycles. The number of para-hydroxylation sites is 1. The van der Waals surface area contributed by atoms with Gasteiger partial charge in [0.25, 0.3) is 5.91 Å². The van der Waals surface area contributed by atoms with Gasteiger partial charge in [-0.2, -0.15) is 0 Å². The number of pyridine rings is 1. The Morgan fingerprint density at radius 1 is 1.04 bits per heavy atom. The number of amides is 1. The number of nitrogens with two attached hydrogens (primary N) is 1. The number of fused-ring (bicyclic) bond motifs is 2. The summed E-state index contributed by atoms with van der Waals surface area (Å²) in [4.78, 5) is 24.4. The van der Waals surface area contributed by atoms with E-state index in [2.05, 4.69) is 55.1 Å². The zero-order valence-corrected chi connectivity index (χ0v) is 28.2. The number of hydrogen-bond donors (Lipinski definition) is 2. The number of nitrogens with zero attached hydrogens (tertiary/aromatic N) is 4. The minimum atomic E-state index is -0.198. The van der Waals surface area contributed by atoms with E-state index in [9.17, 15) is 4.79 Å². The highest BCUT2D eigenvalue weighted by Gasteiger charge is 2.19. The van der Waals surface area contributed by atoms with Gasteiger partial charge >= 0.3 is 0 Å². The maximum absolute atomic E-state index is 13.3. The van der Waals surface area contributed by atoms with Crippen molar-refractivity contribution in [1.29, 1.82) is 0 Å². The third kappa shape index (κ3) is 6.55. The normalized spacial score (nSPS) is 14.4. The number of carbonyl (C=O) groups is 1. The molecule has 47 heavy (non-hydrogen) atoms. The number of thiophene rings is 2. The molecule has 1 aliphatic heterocycles. The van der Waals surface area contributed by atoms with Gasteiger partial charge in [0, 0.05) is 89.5 Å². The van der Waals surface area contributed by atoms with Crippen molar-refractivity contribution in [2.24, 2.45) is 7.05 Å². The van der Waals surface area contributed by atoms with Crippen molar-refractivity contribution < 1.29 is 9.53 Å². The van der Waals surface area contributed by atoms with E-state index in [0.717, 1.165) is 83.4 Å². The third-order valence-corrected chi connectivity index (χ3v) is 10.9. The zero-order valence-electron chi connectivity index (χ0n) is 26.6. The first kappa shape index (κ1) is 31.1. The maximum Gasteiger partial charge on any atom is 0.272 e. The van der Waals surface area contributed by atoms with Crippen molar-refractivity contribution in [3.63, 3.8) is 0 Å². The monoisotopic (exact) mass is 662 g/mol. The SMILES string of the molecule is COc1cc(-c2csc3c(C=CCN4CCN(CCc5cccs5)CC4)cnc(N)c23)ccc1NC(=O)c1cc2ccccc2n1C. The number of hydrogen-bond acceptors (Lipinski definition) is 8. The molecule has 0 spiro atoms. The average molecular weight is 663 g/mol. The minimum Gasteiger partial charge on any atom is -0.495 e. The van der Waals surface area contributed by atoms with Gasteiger partial charge in [0.2, 0.25) is 0 Å². The molecule has 0 radical (unpaired) electrons. The first-order chi connectivity index (χ1) is 23.0. The number of piperazine rings is 1. The second-order valence-electron chi connectivity index (χ2n) is 11.8. The van der Waals surface area contributed by atoms with E-state index in [-0.39, 0.29) is 5.91 Å².